The van der Waals surface area contributed by atoms with Gasteiger partial charge >= 0.3 is 5.63 Å². The van der Waals surface area contributed by atoms with Gasteiger partial charge in [-0.3, -0.25) is 0 Å². The first-order valence-corrected chi connectivity index (χ1v) is 3.62. The molecule has 0 saturated carbocycles. The number of thiophene rings is 1. The van der Waals surface area contributed by atoms with E-state index in [-0.39, 0.29) is 5.63 Å². The summed E-state index contributed by atoms with van der Waals surface area (Å²) in [4.78, 5) is 14.7. The normalized spacial score (nSPS) is 10.4. The van der Waals surface area contributed by atoms with Gasteiger partial charge in [0.05, 0.1) is 10.9 Å². The van der Waals surface area contributed by atoms with E-state index in [9.17, 15) is 4.79 Å². The molecular weight excluding hydrogens is 150 g/mol. The van der Waals surface area contributed by atoms with Gasteiger partial charge in [-0.2, -0.15) is 0 Å². The molecule has 0 aliphatic heterocycles. The van der Waals surface area contributed by atoms with E-state index >= 15 is 0 Å². The first-order valence-electron chi connectivity index (χ1n) is 2.67. The molecule has 10 heavy (non-hydrogen) atoms. The summed E-state index contributed by atoms with van der Waals surface area (Å²) in [6, 6.07) is 0. The summed E-state index contributed by atoms with van der Waals surface area (Å²) in [6.07, 6.45) is 1.16. The molecule has 50 valence electrons. The second-order valence-corrected chi connectivity index (χ2v) is 2.55. The number of rotatable bonds is 0. The van der Waals surface area contributed by atoms with Crippen molar-refractivity contribution in [3.05, 3.63) is 27.6 Å². The molecule has 0 unspecified atom stereocenters. The Kier molecular flexibility index (Phi) is 1.07. The smallest absolute Gasteiger partial charge is 0.347 e. The second-order valence-electron chi connectivity index (χ2n) is 1.81. The van der Waals surface area contributed by atoms with Gasteiger partial charge < -0.3 is 4.42 Å². The minimum absolute atomic E-state index is 0.314. The number of hydrogen-bond acceptors (Lipinski definition) is 4. The van der Waals surface area contributed by atoms with Gasteiger partial charge in [0, 0.05) is 10.8 Å². The van der Waals surface area contributed by atoms with Crippen LogP contribution in [0.2, 0.25) is 0 Å². The lowest BCUT2D eigenvalue weighted by atomic mass is 10.4. The molecule has 0 aliphatic rings. The maximum Gasteiger partial charge on any atom is 0.347 e. The first kappa shape index (κ1) is 5.61. The monoisotopic (exact) mass is 153 g/mol. The van der Waals surface area contributed by atoms with Crippen molar-refractivity contribution in [1.29, 1.82) is 0 Å². The van der Waals surface area contributed by atoms with Gasteiger partial charge in [0.25, 0.3) is 0 Å². The molecule has 0 aromatic carbocycles. The predicted octanol–water partition coefficient (Wildman–Crippen LogP) is 1.25. The molecule has 0 bridgehead atoms. The fraction of sp³-hybridized carbons (Fsp3) is 0. The zero-order chi connectivity index (χ0) is 6.97. The molecule has 0 saturated heterocycles. The van der Waals surface area contributed by atoms with Crippen molar-refractivity contribution in [2.24, 2.45) is 0 Å². The molecule has 4 heteroatoms. The summed E-state index contributed by atoms with van der Waals surface area (Å²) in [7, 11) is 0. The van der Waals surface area contributed by atoms with Crippen LogP contribution in [-0.2, 0) is 0 Å². The molecule has 0 fully saturated rings. The minimum Gasteiger partial charge on any atom is -0.411 e. The van der Waals surface area contributed by atoms with Gasteiger partial charge in [-0.25, -0.2) is 9.78 Å². The summed E-state index contributed by atoms with van der Waals surface area (Å²) in [5.74, 6) is 0. The molecular formula is C6H3NO2S. The van der Waals surface area contributed by atoms with Crippen LogP contribution in [0.15, 0.2) is 26.4 Å². The third-order valence-electron chi connectivity index (χ3n) is 1.21. The molecule has 0 amide bonds. The highest BCUT2D eigenvalue weighted by Gasteiger charge is 1.98. The summed E-state index contributed by atoms with van der Waals surface area (Å²) in [5, 5.41) is 4.10. The van der Waals surface area contributed by atoms with Crippen LogP contribution in [0.4, 0.5) is 0 Å². The van der Waals surface area contributed by atoms with E-state index in [2.05, 4.69) is 9.40 Å². The highest BCUT2D eigenvalue weighted by Crippen LogP contribution is 2.10. The summed E-state index contributed by atoms with van der Waals surface area (Å²) in [5.41, 5.74) is 0.396. The quantitative estimate of drug-likeness (QED) is 0.572. The van der Waals surface area contributed by atoms with Crippen molar-refractivity contribution in [1.82, 2.24) is 4.98 Å². The van der Waals surface area contributed by atoms with Crippen molar-refractivity contribution in [3.8, 4) is 0 Å². The van der Waals surface area contributed by atoms with E-state index in [0.29, 0.717) is 10.9 Å². The summed E-state index contributed by atoms with van der Waals surface area (Å²) in [6.45, 7) is 0. The Morgan fingerprint density at radius 1 is 1.50 bits per heavy atom. The van der Waals surface area contributed by atoms with Crippen LogP contribution in [0.5, 0.6) is 0 Å². The van der Waals surface area contributed by atoms with Crippen LogP contribution < -0.4 is 5.63 Å². The van der Waals surface area contributed by atoms with Gasteiger partial charge in [-0.05, 0) is 0 Å². The van der Waals surface area contributed by atoms with Crippen LogP contribution in [0.1, 0.15) is 0 Å². The second kappa shape index (κ2) is 1.91. The average Bonchev–Trinajstić information content (AvgIpc) is 2.36. The lowest BCUT2D eigenvalue weighted by molar-refractivity contribution is 0.501. The summed E-state index contributed by atoms with van der Waals surface area (Å²) < 4.78 is 4.54. The third kappa shape index (κ3) is 0.657. The standard InChI is InChI=1S/C6H3NO2S/c8-6-4-1-10-2-5(4)7-3-9-6/h1-3H. The van der Waals surface area contributed by atoms with Crippen molar-refractivity contribution < 1.29 is 4.42 Å². The van der Waals surface area contributed by atoms with Crippen molar-refractivity contribution in [3.63, 3.8) is 0 Å². The Labute approximate surface area is 59.9 Å². The highest BCUT2D eigenvalue weighted by atomic mass is 32.1. The average molecular weight is 153 g/mol. The van der Waals surface area contributed by atoms with Crippen molar-refractivity contribution in [2.45, 2.75) is 0 Å². The Hall–Kier alpha value is -1.16. The Morgan fingerprint density at radius 2 is 2.40 bits per heavy atom. The van der Waals surface area contributed by atoms with E-state index in [1.165, 1.54) is 11.3 Å². The molecule has 2 aromatic rings. The molecule has 2 rings (SSSR count). The number of aromatic nitrogens is 1. The third-order valence-corrected chi connectivity index (χ3v) is 1.94. The van der Waals surface area contributed by atoms with Gasteiger partial charge in [0.15, 0.2) is 6.39 Å². The van der Waals surface area contributed by atoms with Gasteiger partial charge in [0.2, 0.25) is 0 Å². The predicted molar refractivity (Wildman–Crippen MR) is 38.2 cm³/mol. The topological polar surface area (TPSA) is 43.1 Å². The Bertz CT molecular complexity index is 403. The highest BCUT2D eigenvalue weighted by molar-refractivity contribution is 7.09. The molecule has 0 spiro atoms. The van der Waals surface area contributed by atoms with E-state index < -0.39 is 0 Å². The fourth-order valence-electron chi connectivity index (χ4n) is 0.738. The van der Waals surface area contributed by atoms with Crippen LogP contribution >= 0.6 is 11.3 Å². The van der Waals surface area contributed by atoms with E-state index in [0.717, 1.165) is 6.39 Å². The molecule has 2 aromatic heterocycles. The SMILES string of the molecule is O=c1ocnc2cscc12. The van der Waals surface area contributed by atoms with Crippen LogP contribution in [0.25, 0.3) is 10.9 Å². The van der Waals surface area contributed by atoms with Crippen LogP contribution in [0, 0.1) is 0 Å². The van der Waals surface area contributed by atoms with E-state index in [4.69, 9.17) is 0 Å². The molecule has 3 nitrogen and oxygen atoms in total. The lowest BCUT2D eigenvalue weighted by Crippen LogP contribution is -1.96. The van der Waals surface area contributed by atoms with Gasteiger partial charge in [-0.15, -0.1) is 11.3 Å². The molecule has 0 aliphatic carbocycles. The van der Waals surface area contributed by atoms with E-state index in [1.807, 2.05) is 5.38 Å². The zero-order valence-corrected chi connectivity index (χ0v) is 5.72. The minimum atomic E-state index is -0.314. The molecule has 2 heterocycles. The van der Waals surface area contributed by atoms with Crippen LogP contribution in [0.3, 0.4) is 0 Å². The lowest BCUT2D eigenvalue weighted by Gasteiger charge is -1.81. The Morgan fingerprint density at radius 3 is 3.20 bits per heavy atom. The Balaban J connectivity index is 3.09. The largest absolute Gasteiger partial charge is 0.411 e. The maximum atomic E-state index is 10.8. The molecule has 0 atom stereocenters. The number of fused-ring (bicyclic) bond motifs is 1. The number of hydrogen-bond donors (Lipinski definition) is 0. The fourth-order valence-corrected chi connectivity index (χ4v) is 1.48. The van der Waals surface area contributed by atoms with E-state index in [1.54, 1.807) is 5.38 Å². The van der Waals surface area contributed by atoms with Gasteiger partial charge in [0.1, 0.15) is 0 Å². The van der Waals surface area contributed by atoms with Gasteiger partial charge in [-0.1, -0.05) is 0 Å². The van der Waals surface area contributed by atoms with Crippen molar-refractivity contribution >= 4 is 22.2 Å². The molecule has 0 radical (unpaired) electrons. The maximum absolute atomic E-state index is 10.8. The summed E-state index contributed by atoms with van der Waals surface area (Å²) >= 11 is 1.44. The zero-order valence-electron chi connectivity index (χ0n) is 4.90. The molecule has 0 N–H and O–H groups in total. The first-order chi connectivity index (χ1) is 4.88. The number of nitrogens with zero attached hydrogens (tertiary/aromatic N) is 1. The van der Waals surface area contributed by atoms with Crippen molar-refractivity contribution in [2.75, 3.05) is 0 Å². The van der Waals surface area contributed by atoms with Crippen LogP contribution in [-0.4, -0.2) is 4.98 Å².